The number of benzene rings is 1. The van der Waals surface area contributed by atoms with Gasteiger partial charge in [0, 0.05) is 0 Å². The highest BCUT2D eigenvalue weighted by Crippen LogP contribution is 2.34. The molecule has 0 saturated heterocycles. The van der Waals surface area contributed by atoms with Crippen molar-refractivity contribution < 1.29 is 27.0 Å². The summed E-state index contributed by atoms with van der Waals surface area (Å²) < 4.78 is 56.8. The van der Waals surface area contributed by atoms with Crippen LogP contribution in [0.4, 0.5) is 17.6 Å². The van der Waals surface area contributed by atoms with Crippen LogP contribution in [0.5, 0.6) is 10.9 Å². The van der Waals surface area contributed by atoms with Gasteiger partial charge in [-0.1, -0.05) is 17.4 Å². The topological polar surface area (TPSA) is 31.4 Å². The number of halogens is 4. The minimum Gasteiger partial charge on any atom is -0.432 e. The summed E-state index contributed by atoms with van der Waals surface area (Å²) in [6.07, 6.45) is 0. The number of hydrogen-bond donors (Lipinski definition) is 0. The van der Waals surface area contributed by atoms with Crippen molar-refractivity contribution in [2.75, 3.05) is 0 Å². The molecule has 0 spiro atoms. The first-order valence-electron chi connectivity index (χ1n) is 4.35. The summed E-state index contributed by atoms with van der Waals surface area (Å²) in [6.45, 7) is -6.00. The van der Waals surface area contributed by atoms with Crippen LogP contribution in [0.3, 0.4) is 0 Å². The molecule has 0 aliphatic carbocycles. The van der Waals surface area contributed by atoms with Gasteiger partial charge in [-0.15, -0.1) is 0 Å². The molecule has 1 aromatic carbocycles. The molecule has 17 heavy (non-hydrogen) atoms. The van der Waals surface area contributed by atoms with Gasteiger partial charge in [-0.2, -0.15) is 22.5 Å². The van der Waals surface area contributed by atoms with E-state index >= 15 is 0 Å². The lowest BCUT2D eigenvalue weighted by Gasteiger charge is -2.03. The third kappa shape index (κ3) is 2.76. The summed E-state index contributed by atoms with van der Waals surface area (Å²) in [5, 5.41) is -0.291. The van der Waals surface area contributed by atoms with Crippen LogP contribution in [-0.4, -0.2) is 18.2 Å². The number of aromatic nitrogens is 1. The molecule has 0 radical (unpaired) electrons. The van der Waals surface area contributed by atoms with Gasteiger partial charge in [0.05, 0.1) is 4.70 Å². The fourth-order valence-corrected chi connectivity index (χ4v) is 2.06. The van der Waals surface area contributed by atoms with Crippen LogP contribution in [0.15, 0.2) is 18.2 Å². The molecule has 0 amide bonds. The maximum absolute atomic E-state index is 12.1. The van der Waals surface area contributed by atoms with Crippen LogP contribution in [0.2, 0.25) is 0 Å². The van der Waals surface area contributed by atoms with Crippen LogP contribution in [0, 0.1) is 0 Å². The van der Waals surface area contributed by atoms with Crippen LogP contribution < -0.4 is 9.47 Å². The van der Waals surface area contributed by atoms with E-state index in [0.717, 1.165) is 11.3 Å². The van der Waals surface area contributed by atoms with Crippen molar-refractivity contribution in [3.63, 3.8) is 0 Å². The highest BCUT2D eigenvalue weighted by atomic mass is 32.1. The SMILES string of the molecule is FC(F)Oc1nc2c(OC(F)F)cccc2s1. The number of rotatable bonds is 4. The minimum atomic E-state index is -3.00. The molecule has 0 N–H and O–H groups in total. The van der Waals surface area contributed by atoms with Crippen molar-refractivity contribution in [1.29, 1.82) is 0 Å². The first-order valence-corrected chi connectivity index (χ1v) is 5.17. The number of fused-ring (bicyclic) bond motifs is 1. The van der Waals surface area contributed by atoms with Gasteiger partial charge in [0.25, 0.3) is 5.19 Å². The predicted molar refractivity (Wildman–Crippen MR) is 52.9 cm³/mol. The van der Waals surface area contributed by atoms with Crippen molar-refractivity contribution in [2.45, 2.75) is 13.2 Å². The number of para-hydroxylation sites is 1. The summed E-state index contributed by atoms with van der Waals surface area (Å²) in [5.74, 6) is -0.169. The van der Waals surface area contributed by atoms with Crippen molar-refractivity contribution in [3.8, 4) is 10.9 Å². The Kier molecular flexibility index (Phi) is 3.32. The molecule has 92 valence electrons. The van der Waals surface area contributed by atoms with Crippen LogP contribution in [0.1, 0.15) is 0 Å². The summed E-state index contributed by atoms with van der Waals surface area (Å²) >= 11 is 0.829. The fraction of sp³-hybridized carbons (Fsp3) is 0.222. The first-order chi connectivity index (χ1) is 8.06. The molecule has 8 heteroatoms. The standard InChI is InChI=1S/C9H5F4NO2S/c10-7(11)15-4-2-1-3-5-6(4)14-9(17-5)16-8(12)13/h1-3,7-8H. The van der Waals surface area contributed by atoms with E-state index in [9.17, 15) is 17.6 Å². The van der Waals surface area contributed by atoms with Gasteiger partial charge >= 0.3 is 13.2 Å². The molecule has 0 saturated carbocycles. The largest absolute Gasteiger partial charge is 0.432 e. The average Bonchev–Trinajstić information content (AvgIpc) is 2.59. The minimum absolute atomic E-state index is 0.0773. The summed E-state index contributed by atoms with van der Waals surface area (Å²) in [5.41, 5.74) is 0.0773. The number of alkyl halides is 4. The first kappa shape index (κ1) is 11.9. The molecular formula is C9H5F4NO2S. The van der Waals surface area contributed by atoms with Crippen molar-refractivity contribution in [3.05, 3.63) is 18.2 Å². The van der Waals surface area contributed by atoms with Crippen molar-refractivity contribution in [1.82, 2.24) is 4.98 Å². The lowest BCUT2D eigenvalue weighted by atomic mass is 10.3. The van der Waals surface area contributed by atoms with Crippen molar-refractivity contribution in [2.24, 2.45) is 0 Å². The molecule has 0 aliphatic heterocycles. The van der Waals surface area contributed by atoms with Gasteiger partial charge in [-0.3, -0.25) is 0 Å². The predicted octanol–water partition coefficient (Wildman–Crippen LogP) is 3.50. The van der Waals surface area contributed by atoms with E-state index in [0.29, 0.717) is 4.70 Å². The van der Waals surface area contributed by atoms with Gasteiger partial charge in [0.15, 0.2) is 5.75 Å². The van der Waals surface area contributed by atoms with E-state index in [1.165, 1.54) is 12.1 Å². The molecule has 0 atom stereocenters. The zero-order valence-electron chi connectivity index (χ0n) is 8.07. The van der Waals surface area contributed by atoms with Crippen LogP contribution >= 0.6 is 11.3 Å². The van der Waals surface area contributed by atoms with E-state index in [4.69, 9.17) is 0 Å². The van der Waals surface area contributed by atoms with E-state index in [2.05, 4.69) is 14.5 Å². The number of ether oxygens (including phenoxy) is 2. The molecule has 2 rings (SSSR count). The number of hydrogen-bond acceptors (Lipinski definition) is 4. The lowest BCUT2D eigenvalue weighted by Crippen LogP contribution is -2.02. The molecule has 2 aromatic rings. The molecule has 1 aromatic heterocycles. The van der Waals surface area contributed by atoms with E-state index < -0.39 is 13.2 Å². The second-order valence-electron chi connectivity index (χ2n) is 2.84. The summed E-state index contributed by atoms with van der Waals surface area (Å²) in [7, 11) is 0. The van der Waals surface area contributed by atoms with E-state index in [1.54, 1.807) is 6.07 Å². The quantitative estimate of drug-likeness (QED) is 0.794. The maximum atomic E-state index is 12.1. The Morgan fingerprint density at radius 1 is 1.06 bits per heavy atom. The number of thiazole rings is 1. The van der Waals surface area contributed by atoms with Gasteiger partial charge in [0.2, 0.25) is 0 Å². The Labute approximate surface area is 96.6 Å². The normalized spacial score (nSPS) is 11.4. The Bertz CT molecular complexity index is 517. The smallest absolute Gasteiger partial charge is 0.389 e. The zero-order valence-corrected chi connectivity index (χ0v) is 8.89. The molecule has 3 nitrogen and oxygen atoms in total. The van der Waals surface area contributed by atoms with Gasteiger partial charge in [-0.05, 0) is 12.1 Å². The Morgan fingerprint density at radius 2 is 1.76 bits per heavy atom. The second kappa shape index (κ2) is 4.74. The third-order valence-electron chi connectivity index (χ3n) is 1.77. The Hall–Kier alpha value is -1.57. The van der Waals surface area contributed by atoms with Gasteiger partial charge in [-0.25, -0.2) is 0 Å². The molecule has 0 aliphatic rings. The Morgan fingerprint density at radius 3 is 2.41 bits per heavy atom. The monoisotopic (exact) mass is 267 g/mol. The van der Waals surface area contributed by atoms with E-state index in [-0.39, 0.29) is 16.5 Å². The lowest BCUT2D eigenvalue weighted by molar-refractivity contribution is -0.0514. The van der Waals surface area contributed by atoms with Crippen LogP contribution in [0.25, 0.3) is 10.2 Å². The van der Waals surface area contributed by atoms with E-state index in [1.807, 2.05) is 0 Å². The summed E-state index contributed by atoms with van der Waals surface area (Å²) in [6, 6.07) is 4.29. The van der Waals surface area contributed by atoms with Gasteiger partial charge < -0.3 is 9.47 Å². The molecular weight excluding hydrogens is 262 g/mol. The zero-order chi connectivity index (χ0) is 12.4. The second-order valence-corrected chi connectivity index (χ2v) is 3.83. The van der Waals surface area contributed by atoms with Crippen molar-refractivity contribution >= 4 is 21.6 Å². The summed E-state index contributed by atoms with van der Waals surface area (Å²) in [4.78, 5) is 3.66. The maximum Gasteiger partial charge on any atom is 0.389 e. The molecule has 0 fully saturated rings. The molecule has 0 unspecified atom stereocenters. The fourth-order valence-electron chi connectivity index (χ4n) is 1.22. The third-order valence-corrected chi connectivity index (χ3v) is 2.68. The highest BCUT2D eigenvalue weighted by Gasteiger charge is 2.15. The average molecular weight is 267 g/mol. The van der Waals surface area contributed by atoms with Gasteiger partial charge in [0.1, 0.15) is 5.52 Å². The number of nitrogens with zero attached hydrogens (tertiary/aromatic N) is 1. The highest BCUT2D eigenvalue weighted by molar-refractivity contribution is 7.20. The molecule has 1 heterocycles. The van der Waals surface area contributed by atoms with Crippen LogP contribution in [-0.2, 0) is 0 Å². The Balaban J connectivity index is 2.38. The molecule has 0 bridgehead atoms.